The predicted octanol–water partition coefficient (Wildman–Crippen LogP) is 1.30. The van der Waals surface area contributed by atoms with E-state index in [9.17, 15) is 4.79 Å². The number of anilines is 1. The van der Waals surface area contributed by atoms with Crippen molar-refractivity contribution >= 4 is 22.9 Å². The van der Waals surface area contributed by atoms with Gasteiger partial charge in [0.05, 0.1) is 11.9 Å². The van der Waals surface area contributed by atoms with E-state index in [4.69, 9.17) is 0 Å². The molecule has 0 saturated heterocycles. The van der Waals surface area contributed by atoms with E-state index in [1.807, 2.05) is 11.6 Å². The van der Waals surface area contributed by atoms with Crippen LogP contribution in [0.2, 0.25) is 0 Å². The number of hydrogen-bond donors (Lipinski definition) is 2. The number of nitrogens with zero attached hydrogens (tertiary/aromatic N) is 2. The van der Waals surface area contributed by atoms with Crippen molar-refractivity contribution in [2.75, 3.05) is 12.4 Å². The Kier molecular flexibility index (Phi) is 3.77. The Hall–Kier alpha value is -1.82. The third-order valence-electron chi connectivity index (χ3n) is 2.29. The molecule has 0 aromatic carbocycles. The van der Waals surface area contributed by atoms with Crippen molar-refractivity contribution in [1.82, 2.24) is 15.1 Å². The highest BCUT2D eigenvalue weighted by Gasteiger charge is 2.02. The molecule has 0 unspecified atom stereocenters. The fourth-order valence-electron chi connectivity index (χ4n) is 1.36. The molecule has 0 aliphatic carbocycles. The molecule has 0 saturated carbocycles. The Morgan fingerprint density at radius 3 is 3.18 bits per heavy atom. The second kappa shape index (κ2) is 5.49. The molecule has 0 radical (unpaired) electrons. The van der Waals surface area contributed by atoms with Crippen LogP contribution in [-0.2, 0) is 17.9 Å². The summed E-state index contributed by atoms with van der Waals surface area (Å²) < 4.78 is 1.61. The van der Waals surface area contributed by atoms with Gasteiger partial charge in [0.2, 0.25) is 5.91 Å². The van der Waals surface area contributed by atoms with E-state index < -0.39 is 0 Å². The first-order valence-electron chi connectivity index (χ1n) is 5.26. The predicted molar refractivity (Wildman–Crippen MR) is 67.9 cm³/mol. The molecular weight excluding hydrogens is 236 g/mol. The number of carbonyl (C=O) groups is 1. The van der Waals surface area contributed by atoms with E-state index in [0.717, 1.165) is 12.2 Å². The quantitative estimate of drug-likeness (QED) is 0.841. The maximum absolute atomic E-state index is 11.1. The van der Waals surface area contributed by atoms with Crippen molar-refractivity contribution in [3.05, 3.63) is 34.8 Å². The maximum Gasteiger partial charge on any atom is 0.241 e. The summed E-state index contributed by atoms with van der Waals surface area (Å²) in [6, 6.07) is 2.08. The molecule has 90 valence electrons. The Morgan fingerprint density at radius 1 is 1.59 bits per heavy atom. The molecule has 17 heavy (non-hydrogen) atoms. The van der Waals surface area contributed by atoms with Crippen molar-refractivity contribution in [3.63, 3.8) is 0 Å². The van der Waals surface area contributed by atoms with Gasteiger partial charge in [-0.05, 0) is 22.4 Å². The zero-order chi connectivity index (χ0) is 12.1. The molecule has 0 fully saturated rings. The third-order valence-corrected chi connectivity index (χ3v) is 3.03. The Balaban J connectivity index is 1.88. The summed E-state index contributed by atoms with van der Waals surface area (Å²) in [6.45, 7) is 1.02. The van der Waals surface area contributed by atoms with Crippen LogP contribution in [-0.4, -0.2) is 22.7 Å². The molecule has 1 amide bonds. The van der Waals surface area contributed by atoms with Crippen LogP contribution in [0, 0.1) is 0 Å². The van der Waals surface area contributed by atoms with Crippen molar-refractivity contribution in [2.45, 2.75) is 13.1 Å². The summed E-state index contributed by atoms with van der Waals surface area (Å²) >= 11 is 1.68. The lowest BCUT2D eigenvalue weighted by Gasteiger charge is -2.01. The lowest BCUT2D eigenvalue weighted by atomic mass is 10.3. The molecular formula is C11H14N4OS. The normalized spacial score (nSPS) is 10.2. The van der Waals surface area contributed by atoms with Gasteiger partial charge in [-0.3, -0.25) is 9.48 Å². The highest BCUT2D eigenvalue weighted by atomic mass is 32.1. The van der Waals surface area contributed by atoms with Gasteiger partial charge < -0.3 is 10.6 Å². The lowest BCUT2D eigenvalue weighted by Crippen LogP contribution is -2.23. The van der Waals surface area contributed by atoms with Crippen LogP contribution in [0.1, 0.15) is 5.56 Å². The fraction of sp³-hybridized carbons (Fsp3) is 0.273. The average molecular weight is 250 g/mol. The van der Waals surface area contributed by atoms with Gasteiger partial charge in [-0.1, -0.05) is 0 Å². The summed E-state index contributed by atoms with van der Waals surface area (Å²) in [6.07, 6.45) is 3.54. The van der Waals surface area contributed by atoms with E-state index in [1.54, 1.807) is 29.3 Å². The van der Waals surface area contributed by atoms with E-state index in [1.165, 1.54) is 5.56 Å². The van der Waals surface area contributed by atoms with Gasteiger partial charge >= 0.3 is 0 Å². The van der Waals surface area contributed by atoms with Crippen LogP contribution in [0.15, 0.2) is 29.2 Å². The SMILES string of the molecule is CNC(=O)Cn1cc(NCc2ccsc2)cn1. The molecule has 5 nitrogen and oxygen atoms in total. The Bertz CT molecular complexity index is 477. The van der Waals surface area contributed by atoms with Crippen molar-refractivity contribution in [2.24, 2.45) is 0 Å². The van der Waals surface area contributed by atoms with E-state index >= 15 is 0 Å². The Morgan fingerprint density at radius 2 is 2.47 bits per heavy atom. The number of aromatic nitrogens is 2. The number of amides is 1. The summed E-state index contributed by atoms with van der Waals surface area (Å²) in [4.78, 5) is 11.1. The minimum Gasteiger partial charge on any atom is -0.378 e. The van der Waals surface area contributed by atoms with Gasteiger partial charge in [0, 0.05) is 19.8 Å². The minimum absolute atomic E-state index is 0.0579. The standard InChI is InChI=1S/C11H14N4OS/c1-12-11(16)7-15-6-10(5-14-15)13-4-9-2-3-17-8-9/h2-3,5-6,8,13H,4,7H2,1H3,(H,12,16). The van der Waals surface area contributed by atoms with Crippen LogP contribution in [0.3, 0.4) is 0 Å². The first-order valence-corrected chi connectivity index (χ1v) is 6.20. The van der Waals surface area contributed by atoms with Gasteiger partial charge in [0.15, 0.2) is 0 Å². The van der Waals surface area contributed by atoms with Gasteiger partial charge in [-0.15, -0.1) is 0 Å². The largest absolute Gasteiger partial charge is 0.378 e. The van der Waals surface area contributed by atoms with E-state index in [-0.39, 0.29) is 12.5 Å². The summed E-state index contributed by atoms with van der Waals surface area (Å²) in [5.74, 6) is -0.0579. The first-order chi connectivity index (χ1) is 8.28. The van der Waals surface area contributed by atoms with Crippen LogP contribution < -0.4 is 10.6 Å². The smallest absolute Gasteiger partial charge is 0.241 e. The maximum atomic E-state index is 11.1. The minimum atomic E-state index is -0.0579. The van der Waals surface area contributed by atoms with Gasteiger partial charge in [-0.25, -0.2) is 0 Å². The molecule has 2 rings (SSSR count). The highest BCUT2D eigenvalue weighted by molar-refractivity contribution is 7.07. The number of hydrogen-bond acceptors (Lipinski definition) is 4. The number of rotatable bonds is 5. The molecule has 0 spiro atoms. The third kappa shape index (κ3) is 3.32. The fourth-order valence-corrected chi connectivity index (χ4v) is 2.03. The number of nitrogens with one attached hydrogen (secondary N) is 2. The molecule has 2 aromatic heterocycles. The highest BCUT2D eigenvalue weighted by Crippen LogP contribution is 2.10. The van der Waals surface area contributed by atoms with Crippen LogP contribution in [0.4, 0.5) is 5.69 Å². The van der Waals surface area contributed by atoms with Crippen molar-refractivity contribution in [1.29, 1.82) is 0 Å². The van der Waals surface area contributed by atoms with Crippen molar-refractivity contribution in [3.8, 4) is 0 Å². The monoisotopic (exact) mass is 250 g/mol. The molecule has 0 aliphatic rings. The molecule has 2 N–H and O–H groups in total. The number of likely N-dealkylation sites (N-methyl/N-ethyl adjacent to an activating group) is 1. The van der Waals surface area contributed by atoms with E-state index in [2.05, 4.69) is 27.2 Å². The van der Waals surface area contributed by atoms with E-state index in [0.29, 0.717) is 0 Å². The van der Waals surface area contributed by atoms with Crippen LogP contribution in [0.25, 0.3) is 0 Å². The number of thiophene rings is 1. The summed E-state index contributed by atoms with van der Waals surface area (Å²) in [5.41, 5.74) is 2.16. The lowest BCUT2D eigenvalue weighted by molar-refractivity contribution is -0.121. The van der Waals surface area contributed by atoms with Gasteiger partial charge in [0.1, 0.15) is 6.54 Å². The topological polar surface area (TPSA) is 59.0 Å². The molecule has 2 aromatic rings. The zero-order valence-corrected chi connectivity index (χ0v) is 10.3. The average Bonchev–Trinajstić information content (AvgIpc) is 2.97. The molecule has 0 atom stereocenters. The molecule has 0 aliphatic heterocycles. The number of carbonyl (C=O) groups excluding carboxylic acids is 1. The van der Waals surface area contributed by atoms with Gasteiger partial charge in [0.25, 0.3) is 0 Å². The van der Waals surface area contributed by atoms with Crippen LogP contribution in [0.5, 0.6) is 0 Å². The summed E-state index contributed by atoms with van der Waals surface area (Å²) in [5, 5.41) is 14.1. The first kappa shape index (κ1) is 11.7. The van der Waals surface area contributed by atoms with Crippen LogP contribution >= 0.6 is 11.3 Å². The molecule has 0 bridgehead atoms. The zero-order valence-electron chi connectivity index (χ0n) is 9.51. The molecule has 2 heterocycles. The summed E-state index contributed by atoms with van der Waals surface area (Å²) in [7, 11) is 1.61. The van der Waals surface area contributed by atoms with Gasteiger partial charge in [-0.2, -0.15) is 16.4 Å². The second-order valence-electron chi connectivity index (χ2n) is 3.58. The van der Waals surface area contributed by atoms with Crippen molar-refractivity contribution < 1.29 is 4.79 Å². The molecule has 6 heteroatoms. The second-order valence-corrected chi connectivity index (χ2v) is 4.36. The Labute approximate surface area is 103 Å².